The lowest BCUT2D eigenvalue weighted by molar-refractivity contribution is -0.127. The van der Waals surface area contributed by atoms with E-state index in [1.165, 1.54) is 0 Å². The quantitative estimate of drug-likeness (QED) is 0.380. The van der Waals surface area contributed by atoms with Crippen molar-refractivity contribution in [2.24, 2.45) is 16.3 Å². The number of amides is 1. The largest absolute Gasteiger partial charge is 0.377 e. The second kappa shape index (κ2) is 8.69. The first-order valence-electron chi connectivity index (χ1n) is 8.66. The highest BCUT2D eigenvalue weighted by Gasteiger charge is 2.59. The maximum Gasteiger partial charge on any atom is 0.243 e. The molecule has 1 aliphatic heterocycles. The summed E-state index contributed by atoms with van der Waals surface area (Å²) in [6.07, 6.45) is 2.44. The zero-order valence-electron chi connectivity index (χ0n) is 15.8. The first-order valence-corrected chi connectivity index (χ1v) is 8.66. The molecule has 4 unspecified atom stereocenters. The van der Waals surface area contributed by atoms with Crippen molar-refractivity contribution in [2.75, 3.05) is 27.2 Å². The van der Waals surface area contributed by atoms with E-state index >= 15 is 0 Å². The number of halogens is 1. The number of rotatable bonds is 5. The van der Waals surface area contributed by atoms with Crippen LogP contribution in [0.5, 0.6) is 0 Å². The van der Waals surface area contributed by atoms with E-state index in [0.717, 1.165) is 25.4 Å². The lowest BCUT2D eigenvalue weighted by Crippen LogP contribution is -2.68. The van der Waals surface area contributed by atoms with Crippen LogP contribution in [0.1, 0.15) is 40.5 Å². The molecule has 0 aromatic carbocycles. The number of hydrogen-bond acceptors (Lipinski definition) is 3. The topological polar surface area (TPSA) is 66.0 Å². The van der Waals surface area contributed by atoms with E-state index in [-0.39, 0.29) is 41.8 Å². The van der Waals surface area contributed by atoms with E-state index in [9.17, 15) is 4.79 Å². The first-order chi connectivity index (χ1) is 10.8. The van der Waals surface area contributed by atoms with E-state index < -0.39 is 0 Å². The summed E-state index contributed by atoms with van der Waals surface area (Å²) in [5.41, 5.74) is 0.0879. The molecule has 4 atom stereocenters. The number of likely N-dealkylation sites (N-methyl/N-ethyl adjacent to an activating group) is 1. The Morgan fingerprint density at radius 3 is 2.67 bits per heavy atom. The zero-order chi connectivity index (χ0) is 17.2. The van der Waals surface area contributed by atoms with Crippen LogP contribution in [0.3, 0.4) is 0 Å². The number of carbonyl (C=O) groups excluding carboxylic acids is 1. The number of carbonyl (C=O) groups is 1. The summed E-state index contributed by atoms with van der Waals surface area (Å²) in [6.45, 7) is 9.75. The molecule has 0 aromatic heterocycles. The maximum atomic E-state index is 11.8. The number of aliphatic imine (C=N–C) groups is 1. The lowest BCUT2D eigenvalue weighted by Gasteiger charge is -2.55. The average molecular weight is 452 g/mol. The van der Waals surface area contributed by atoms with Gasteiger partial charge in [-0.1, -0.05) is 20.8 Å². The molecule has 0 spiro atoms. The molecular weight excluding hydrogens is 419 g/mol. The van der Waals surface area contributed by atoms with Gasteiger partial charge in [0.2, 0.25) is 5.91 Å². The van der Waals surface area contributed by atoms with Crippen LogP contribution >= 0.6 is 24.0 Å². The monoisotopic (exact) mass is 452 g/mol. The van der Waals surface area contributed by atoms with E-state index in [4.69, 9.17) is 4.74 Å². The van der Waals surface area contributed by atoms with E-state index in [2.05, 4.69) is 43.3 Å². The van der Waals surface area contributed by atoms with Crippen LogP contribution < -0.4 is 10.6 Å². The van der Waals surface area contributed by atoms with E-state index in [1.54, 1.807) is 19.0 Å². The molecule has 1 aliphatic carbocycles. The van der Waals surface area contributed by atoms with Gasteiger partial charge < -0.3 is 20.3 Å². The summed E-state index contributed by atoms with van der Waals surface area (Å²) in [6, 6.07) is 0.647. The van der Waals surface area contributed by atoms with Crippen LogP contribution in [0.2, 0.25) is 0 Å². The zero-order valence-corrected chi connectivity index (χ0v) is 18.1. The van der Waals surface area contributed by atoms with Crippen molar-refractivity contribution >= 4 is 35.8 Å². The van der Waals surface area contributed by atoms with Gasteiger partial charge in [0.15, 0.2) is 5.96 Å². The number of nitrogens with zero attached hydrogens (tertiary/aromatic N) is 2. The van der Waals surface area contributed by atoms with Crippen molar-refractivity contribution in [3.05, 3.63) is 0 Å². The highest BCUT2D eigenvalue weighted by molar-refractivity contribution is 14.0. The number of nitrogens with one attached hydrogen (secondary N) is 2. The number of hydrogen-bond donors (Lipinski definition) is 2. The third-order valence-electron chi connectivity index (χ3n) is 5.26. The molecule has 1 saturated heterocycles. The molecule has 140 valence electrons. The molecule has 2 rings (SSSR count). The van der Waals surface area contributed by atoms with Gasteiger partial charge >= 0.3 is 0 Å². The molecule has 6 nitrogen and oxygen atoms in total. The minimum atomic E-state index is 0. The van der Waals surface area contributed by atoms with Gasteiger partial charge in [0.25, 0.3) is 0 Å². The number of ether oxygens (including phenoxy) is 1. The Kier molecular flexibility index (Phi) is 7.77. The van der Waals surface area contributed by atoms with Gasteiger partial charge in [0, 0.05) is 44.1 Å². The smallest absolute Gasteiger partial charge is 0.243 e. The minimum Gasteiger partial charge on any atom is -0.377 e. The Bertz CT molecular complexity index is 468. The molecule has 2 N–H and O–H groups in total. The Hall–Kier alpha value is -0.570. The molecule has 0 radical (unpaired) electrons. The fourth-order valence-electron chi connectivity index (χ4n) is 3.52. The fraction of sp³-hybridized carbons (Fsp3) is 0.882. The summed E-state index contributed by atoms with van der Waals surface area (Å²) in [7, 11) is 3.51. The normalized spacial score (nSPS) is 28.9. The predicted molar refractivity (Wildman–Crippen MR) is 108 cm³/mol. The van der Waals surface area contributed by atoms with Crippen LogP contribution in [0.4, 0.5) is 0 Å². The third kappa shape index (κ3) is 4.53. The summed E-state index contributed by atoms with van der Waals surface area (Å²) >= 11 is 0. The molecule has 7 heteroatoms. The molecule has 1 amide bonds. The molecule has 2 fully saturated rings. The predicted octanol–water partition coefficient (Wildman–Crippen LogP) is 1.84. The van der Waals surface area contributed by atoms with Gasteiger partial charge in [0.1, 0.15) is 6.54 Å². The Labute approximate surface area is 163 Å². The molecule has 24 heavy (non-hydrogen) atoms. The van der Waals surface area contributed by atoms with Crippen molar-refractivity contribution in [3.63, 3.8) is 0 Å². The Balaban J connectivity index is 0.00000288. The Morgan fingerprint density at radius 1 is 1.42 bits per heavy atom. The Morgan fingerprint density at radius 2 is 2.08 bits per heavy atom. The van der Waals surface area contributed by atoms with Crippen LogP contribution in [0, 0.1) is 11.3 Å². The average Bonchev–Trinajstić information content (AvgIpc) is 2.95. The van der Waals surface area contributed by atoms with Crippen molar-refractivity contribution in [3.8, 4) is 0 Å². The van der Waals surface area contributed by atoms with E-state index in [0.29, 0.717) is 24.1 Å². The highest BCUT2D eigenvalue weighted by atomic mass is 127. The van der Waals surface area contributed by atoms with Crippen molar-refractivity contribution in [1.82, 2.24) is 15.5 Å². The summed E-state index contributed by atoms with van der Waals surface area (Å²) < 4.78 is 5.85. The standard InChI is InChI=1S/C17H32N4O2.HI/c1-7-11(2)19-16(18-10-13(22)21(5)6)20-14-12-8-9-23-15(12)17(14,3)4;/h11-12,14-15H,7-10H2,1-6H3,(H2,18,19,20);1H. The molecule has 0 aromatic rings. The van der Waals surface area contributed by atoms with Crippen LogP contribution in [0.15, 0.2) is 4.99 Å². The summed E-state index contributed by atoms with van der Waals surface area (Å²) in [5.74, 6) is 1.28. The second-order valence-electron chi connectivity index (χ2n) is 7.59. The molecular formula is C17H33IN4O2. The van der Waals surface area contributed by atoms with Crippen LogP contribution in [0.25, 0.3) is 0 Å². The number of fused-ring (bicyclic) bond motifs is 1. The third-order valence-corrected chi connectivity index (χ3v) is 5.26. The lowest BCUT2D eigenvalue weighted by atomic mass is 9.57. The van der Waals surface area contributed by atoms with Crippen LogP contribution in [-0.4, -0.2) is 62.2 Å². The SMILES string of the molecule is CCC(C)NC(=NCC(=O)N(C)C)NC1C2CCOC2C1(C)C.I. The van der Waals surface area contributed by atoms with Crippen molar-refractivity contribution in [1.29, 1.82) is 0 Å². The van der Waals surface area contributed by atoms with Crippen molar-refractivity contribution < 1.29 is 9.53 Å². The van der Waals surface area contributed by atoms with Gasteiger partial charge in [-0.3, -0.25) is 4.79 Å². The maximum absolute atomic E-state index is 11.8. The molecule has 2 aliphatic rings. The van der Waals surface area contributed by atoms with Gasteiger partial charge in [-0.25, -0.2) is 4.99 Å². The highest BCUT2D eigenvalue weighted by Crippen LogP contribution is 2.52. The second-order valence-corrected chi connectivity index (χ2v) is 7.59. The minimum absolute atomic E-state index is 0. The van der Waals surface area contributed by atoms with Crippen LogP contribution in [-0.2, 0) is 9.53 Å². The first kappa shape index (κ1) is 21.5. The fourth-order valence-corrected chi connectivity index (χ4v) is 3.52. The van der Waals surface area contributed by atoms with Gasteiger partial charge in [0.05, 0.1) is 6.10 Å². The van der Waals surface area contributed by atoms with E-state index in [1.807, 2.05) is 0 Å². The summed E-state index contributed by atoms with van der Waals surface area (Å²) in [4.78, 5) is 17.9. The van der Waals surface area contributed by atoms with Gasteiger partial charge in [-0.15, -0.1) is 24.0 Å². The van der Waals surface area contributed by atoms with Crippen molar-refractivity contribution in [2.45, 2.75) is 58.7 Å². The number of guanidine groups is 1. The molecule has 1 heterocycles. The molecule has 1 saturated carbocycles. The van der Waals surface area contributed by atoms with Gasteiger partial charge in [-0.2, -0.15) is 0 Å². The summed E-state index contributed by atoms with van der Waals surface area (Å²) in [5, 5.41) is 6.97. The molecule has 0 bridgehead atoms. The van der Waals surface area contributed by atoms with Gasteiger partial charge in [-0.05, 0) is 19.8 Å².